The monoisotopic (exact) mass is 576 g/mol. The van der Waals surface area contributed by atoms with Crippen molar-refractivity contribution in [1.29, 1.82) is 0 Å². The molecule has 0 bridgehead atoms. The predicted molar refractivity (Wildman–Crippen MR) is 165 cm³/mol. The Bertz CT molecular complexity index is 1340. The molecule has 3 aliphatic heterocycles. The van der Waals surface area contributed by atoms with E-state index in [1.165, 1.54) is 12.8 Å². The van der Waals surface area contributed by atoms with Gasteiger partial charge in [-0.1, -0.05) is 19.8 Å². The van der Waals surface area contributed by atoms with E-state index >= 15 is 0 Å². The number of methoxy groups -OCH3 is 1. The summed E-state index contributed by atoms with van der Waals surface area (Å²) in [5.74, 6) is 2.11. The van der Waals surface area contributed by atoms with Crippen molar-refractivity contribution >= 4 is 40.6 Å². The molecule has 2 amide bonds. The molecule has 1 aromatic carbocycles. The van der Waals surface area contributed by atoms with Gasteiger partial charge in [0.2, 0.25) is 17.8 Å². The number of carbonyl (C=O) groups is 2. The van der Waals surface area contributed by atoms with Gasteiger partial charge in [-0.3, -0.25) is 14.5 Å². The molecule has 0 spiro atoms. The molecule has 42 heavy (non-hydrogen) atoms. The normalized spacial score (nSPS) is 24.6. The first-order valence-corrected chi connectivity index (χ1v) is 15.5. The van der Waals surface area contributed by atoms with Crippen LogP contribution in [-0.2, 0) is 16.0 Å². The maximum Gasteiger partial charge on any atom is 0.249 e. The molecule has 6 rings (SSSR count). The number of likely N-dealkylation sites (N-methyl/N-ethyl adjacent to an activating group) is 1. The van der Waals surface area contributed by atoms with Crippen LogP contribution in [-0.4, -0.2) is 91.2 Å². The lowest BCUT2D eigenvalue weighted by Crippen LogP contribution is -2.56. The topological polar surface area (TPSA) is 106 Å². The maximum absolute atomic E-state index is 13.4. The number of benzene rings is 1. The molecule has 2 aromatic rings. The Kier molecular flexibility index (Phi) is 7.97. The second kappa shape index (κ2) is 11.7. The average Bonchev–Trinajstić information content (AvgIpc) is 3.64. The molecule has 1 saturated heterocycles. The van der Waals surface area contributed by atoms with Crippen LogP contribution < -0.4 is 30.1 Å². The minimum absolute atomic E-state index is 0.0987. The van der Waals surface area contributed by atoms with Crippen LogP contribution in [0.5, 0.6) is 5.75 Å². The molecule has 4 aliphatic rings. The van der Waals surface area contributed by atoms with E-state index in [4.69, 9.17) is 9.72 Å². The van der Waals surface area contributed by atoms with Crippen LogP contribution in [0.2, 0.25) is 0 Å². The number of nitrogens with zero attached hydrogens (tertiary/aromatic N) is 6. The minimum atomic E-state index is -0.223. The number of hydrogen-bond acceptors (Lipinski definition) is 9. The van der Waals surface area contributed by atoms with Crippen molar-refractivity contribution in [1.82, 2.24) is 20.2 Å². The number of fused-ring (bicyclic) bond motifs is 2. The Labute approximate surface area is 248 Å². The third-order valence-corrected chi connectivity index (χ3v) is 9.25. The molecule has 11 heteroatoms. The van der Waals surface area contributed by atoms with Gasteiger partial charge in [-0.25, -0.2) is 4.98 Å². The van der Waals surface area contributed by atoms with Gasteiger partial charge in [-0.2, -0.15) is 4.98 Å². The van der Waals surface area contributed by atoms with Crippen LogP contribution in [0.25, 0.3) is 0 Å². The SMILES string of the molecule is CCC1C(=O)N(C)c2cnc(Nc3cc4c(cc3OC)N(C(=O)CN3CC(C)NC(C)C3)CC4)nc2N1C1CCCC1. The number of rotatable bonds is 7. The number of hydrogen-bond donors (Lipinski definition) is 2. The minimum Gasteiger partial charge on any atom is -0.494 e. The first-order chi connectivity index (χ1) is 20.3. The molecule has 1 aliphatic carbocycles. The second-order valence-corrected chi connectivity index (χ2v) is 12.3. The van der Waals surface area contributed by atoms with Gasteiger partial charge in [-0.15, -0.1) is 0 Å². The van der Waals surface area contributed by atoms with Gasteiger partial charge < -0.3 is 30.1 Å². The standard InChI is InChI=1S/C31H44N8O3/c1-6-24-30(41)36(4)26-15-32-31(35-29(26)39(24)22-9-7-8-10-22)34-23-13-21-11-12-38(25(21)14-27(23)42-5)28(40)18-37-16-19(2)33-20(3)17-37/h13-15,19-20,22,24,33H,6-12,16-18H2,1-5H3,(H,32,34,35). The Balaban J connectivity index is 1.25. The Morgan fingerprint density at radius 3 is 2.57 bits per heavy atom. The zero-order valence-corrected chi connectivity index (χ0v) is 25.5. The Morgan fingerprint density at radius 2 is 1.88 bits per heavy atom. The van der Waals surface area contributed by atoms with Crippen molar-refractivity contribution in [2.45, 2.75) is 83.5 Å². The summed E-state index contributed by atoms with van der Waals surface area (Å²) in [5.41, 5.74) is 3.50. The molecule has 11 nitrogen and oxygen atoms in total. The van der Waals surface area contributed by atoms with Crippen LogP contribution in [0.1, 0.15) is 58.4 Å². The molecule has 2 fully saturated rings. The van der Waals surface area contributed by atoms with E-state index in [-0.39, 0.29) is 17.9 Å². The van der Waals surface area contributed by atoms with Crippen molar-refractivity contribution in [2.24, 2.45) is 0 Å². The summed E-state index contributed by atoms with van der Waals surface area (Å²) in [4.78, 5) is 44.3. The van der Waals surface area contributed by atoms with E-state index in [2.05, 4.69) is 52.3 Å². The molecular formula is C31H44N8O3. The fourth-order valence-electron chi connectivity index (χ4n) is 7.35. The predicted octanol–water partition coefficient (Wildman–Crippen LogP) is 3.30. The van der Waals surface area contributed by atoms with Gasteiger partial charge in [-0.05, 0) is 51.2 Å². The van der Waals surface area contributed by atoms with E-state index in [1.54, 1.807) is 18.2 Å². The summed E-state index contributed by atoms with van der Waals surface area (Å²) in [6.07, 6.45) is 7.74. The molecule has 3 unspecified atom stereocenters. The molecule has 1 aromatic heterocycles. The van der Waals surface area contributed by atoms with Crippen molar-refractivity contribution in [2.75, 3.05) is 60.4 Å². The fraction of sp³-hybridized carbons (Fsp3) is 0.613. The van der Waals surface area contributed by atoms with Crippen molar-refractivity contribution in [3.8, 4) is 5.75 Å². The van der Waals surface area contributed by atoms with E-state index in [1.807, 2.05) is 18.0 Å². The number of aromatic nitrogens is 2. The summed E-state index contributed by atoms with van der Waals surface area (Å²) < 4.78 is 5.79. The summed E-state index contributed by atoms with van der Waals surface area (Å²) in [5, 5.41) is 6.93. The molecule has 4 heterocycles. The summed E-state index contributed by atoms with van der Waals surface area (Å²) in [6.45, 7) is 9.19. The van der Waals surface area contributed by atoms with Crippen LogP contribution >= 0.6 is 0 Å². The number of amides is 2. The van der Waals surface area contributed by atoms with Gasteiger partial charge in [0.1, 0.15) is 17.5 Å². The van der Waals surface area contributed by atoms with E-state index in [0.717, 1.165) is 67.2 Å². The van der Waals surface area contributed by atoms with E-state index in [0.29, 0.717) is 42.9 Å². The summed E-state index contributed by atoms with van der Waals surface area (Å²) in [6, 6.07) is 4.82. The number of nitrogens with one attached hydrogen (secondary N) is 2. The quantitative estimate of drug-likeness (QED) is 0.514. The zero-order valence-electron chi connectivity index (χ0n) is 25.5. The first-order valence-electron chi connectivity index (χ1n) is 15.5. The van der Waals surface area contributed by atoms with Gasteiger partial charge >= 0.3 is 0 Å². The molecule has 1 saturated carbocycles. The Morgan fingerprint density at radius 1 is 1.14 bits per heavy atom. The summed E-state index contributed by atoms with van der Waals surface area (Å²) >= 11 is 0. The lowest BCUT2D eigenvalue weighted by atomic mass is 10.0. The number of anilines is 5. The van der Waals surface area contributed by atoms with Gasteiger partial charge in [0.15, 0.2) is 5.82 Å². The van der Waals surface area contributed by atoms with Gasteiger partial charge in [0, 0.05) is 50.9 Å². The van der Waals surface area contributed by atoms with Gasteiger partial charge in [0.25, 0.3) is 0 Å². The third-order valence-electron chi connectivity index (χ3n) is 9.25. The highest BCUT2D eigenvalue weighted by atomic mass is 16.5. The van der Waals surface area contributed by atoms with Crippen molar-refractivity contribution in [3.05, 3.63) is 23.9 Å². The van der Waals surface area contributed by atoms with Crippen molar-refractivity contribution in [3.63, 3.8) is 0 Å². The zero-order chi connectivity index (χ0) is 29.5. The third kappa shape index (κ3) is 5.28. The smallest absolute Gasteiger partial charge is 0.249 e. The lowest BCUT2D eigenvalue weighted by Gasteiger charge is -2.43. The van der Waals surface area contributed by atoms with E-state index < -0.39 is 0 Å². The number of piperazine rings is 1. The first kappa shape index (κ1) is 28.7. The second-order valence-electron chi connectivity index (χ2n) is 12.3. The molecule has 3 atom stereocenters. The summed E-state index contributed by atoms with van der Waals surface area (Å²) in [7, 11) is 3.45. The number of ether oxygens (including phenoxy) is 1. The van der Waals surface area contributed by atoms with E-state index in [9.17, 15) is 9.59 Å². The highest BCUT2D eigenvalue weighted by Gasteiger charge is 2.41. The molecular weight excluding hydrogens is 532 g/mol. The average molecular weight is 577 g/mol. The molecule has 226 valence electrons. The highest BCUT2D eigenvalue weighted by Crippen LogP contribution is 2.42. The van der Waals surface area contributed by atoms with Crippen LogP contribution in [0, 0.1) is 0 Å². The number of carbonyl (C=O) groups excluding carboxylic acids is 2. The lowest BCUT2D eigenvalue weighted by molar-refractivity contribution is -0.120. The van der Waals surface area contributed by atoms with Crippen LogP contribution in [0.15, 0.2) is 18.3 Å². The van der Waals surface area contributed by atoms with Crippen LogP contribution in [0.4, 0.5) is 28.8 Å². The largest absolute Gasteiger partial charge is 0.494 e. The van der Waals surface area contributed by atoms with Crippen LogP contribution in [0.3, 0.4) is 0 Å². The Hall–Kier alpha value is -3.44. The highest BCUT2D eigenvalue weighted by molar-refractivity contribution is 6.04. The van der Waals surface area contributed by atoms with Crippen molar-refractivity contribution < 1.29 is 14.3 Å². The fourth-order valence-corrected chi connectivity index (χ4v) is 7.35. The molecule has 2 N–H and O–H groups in total. The molecule has 0 radical (unpaired) electrons. The van der Waals surface area contributed by atoms with Gasteiger partial charge in [0.05, 0.1) is 31.2 Å². The maximum atomic E-state index is 13.4.